The third-order valence-electron chi connectivity index (χ3n) is 2.47. The Morgan fingerprint density at radius 3 is 2.08 bits per heavy atom. The molecule has 0 saturated heterocycles. The Labute approximate surface area is 82.0 Å². The second kappa shape index (κ2) is 2.72. The van der Waals surface area contributed by atoms with Crippen molar-refractivity contribution in [2.75, 3.05) is 0 Å². The SMILES string of the molecule is O=S(=O)(Cl)C1(c2ccccc2)CC1. The normalized spacial score (nSPS) is 19.8. The van der Waals surface area contributed by atoms with Gasteiger partial charge in [0, 0.05) is 10.7 Å². The van der Waals surface area contributed by atoms with Gasteiger partial charge in [-0.15, -0.1) is 0 Å². The van der Waals surface area contributed by atoms with Crippen LogP contribution in [-0.4, -0.2) is 8.42 Å². The number of hydrogen-bond donors (Lipinski definition) is 0. The molecule has 2 rings (SSSR count). The lowest BCUT2D eigenvalue weighted by Crippen LogP contribution is -2.14. The zero-order valence-electron chi connectivity index (χ0n) is 6.90. The van der Waals surface area contributed by atoms with Gasteiger partial charge in [0.25, 0.3) is 0 Å². The highest BCUT2D eigenvalue weighted by Gasteiger charge is 2.55. The first-order valence-corrected chi connectivity index (χ1v) is 6.37. The summed E-state index contributed by atoms with van der Waals surface area (Å²) in [6.45, 7) is 0. The van der Waals surface area contributed by atoms with E-state index in [2.05, 4.69) is 0 Å². The molecule has 0 aliphatic heterocycles. The fourth-order valence-electron chi connectivity index (χ4n) is 1.53. The van der Waals surface area contributed by atoms with Crippen molar-refractivity contribution in [2.45, 2.75) is 17.6 Å². The molecule has 0 bridgehead atoms. The third kappa shape index (κ3) is 1.36. The van der Waals surface area contributed by atoms with E-state index < -0.39 is 13.8 Å². The molecule has 0 heterocycles. The van der Waals surface area contributed by atoms with Gasteiger partial charge in [0.05, 0.1) is 0 Å². The van der Waals surface area contributed by atoms with Crippen LogP contribution in [0.5, 0.6) is 0 Å². The van der Waals surface area contributed by atoms with Crippen LogP contribution in [0.3, 0.4) is 0 Å². The van der Waals surface area contributed by atoms with E-state index in [0.29, 0.717) is 12.8 Å². The minimum absolute atomic E-state index is 0.642. The van der Waals surface area contributed by atoms with E-state index in [1.54, 1.807) is 0 Å². The lowest BCUT2D eigenvalue weighted by molar-refractivity contribution is 0.595. The van der Waals surface area contributed by atoms with Gasteiger partial charge in [-0.2, -0.15) is 0 Å². The first-order valence-electron chi connectivity index (χ1n) is 4.06. The van der Waals surface area contributed by atoms with Crippen molar-refractivity contribution in [3.05, 3.63) is 35.9 Å². The van der Waals surface area contributed by atoms with E-state index in [1.807, 2.05) is 30.3 Å². The Balaban J connectivity index is 2.49. The molecule has 2 nitrogen and oxygen atoms in total. The fourth-order valence-corrected chi connectivity index (χ4v) is 3.27. The summed E-state index contributed by atoms with van der Waals surface area (Å²) in [5, 5.41) is 0. The molecule has 0 radical (unpaired) electrons. The highest BCUT2D eigenvalue weighted by molar-refractivity contribution is 8.14. The maximum absolute atomic E-state index is 11.3. The molecular formula is C9H9ClO2S. The van der Waals surface area contributed by atoms with Crippen molar-refractivity contribution in [1.29, 1.82) is 0 Å². The number of halogens is 1. The molecule has 0 unspecified atom stereocenters. The van der Waals surface area contributed by atoms with Gasteiger partial charge in [-0.3, -0.25) is 0 Å². The second-order valence-corrected chi connectivity index (χ2v) is 6.17. The van der Waals surface area contributed by atoms with Crippen molar-refractivity contribution >= 4 is 19.7 Å². The van der Waals surface area contributed by atoms with Gasteiger partial charge in [-0.05, 0) is 18.4 Å². The van der Waals surface area contributed by atoms with Crippen molar-refractivity contribution in [3.8, 4) is 0 Å². The maximum atomic E-state index is 11.3. The average molecular weight is 217 g/mol. The summed E-state index contributed by atoms with van der Waals surface area (Å²) in [7, 11) is 1.92. The standard InChI is InChI=1S/C9H9ClO2S/c10-13(11,12)9(6-7-9)8-4-2-1-3-5-8/h1-5H,6-7H2. The minimum atomic E-state index is -3.47. The molecule has 4 heteroatoms. The number of benzene rings is 1. The molecule has 0 N–H and O–H groups in total. The molecule has 1 aliphatic rings. The molecule has 0 amide bonds. The summed E-state index contributed by atoms with van der Waals surface area (Å²) in [5.74, 6) is 0. The zero-order valence-corrected chi connectivity index (χ0v) is 8.48. The van der Waals surface area contributed by atoms with Crippen LogP contribution >= 0.6 is 10.7 Å². The van der Waals surface area contributed by atoms with Gasteiger partial charge in [-0.25, -0.2) is 8.42 Å². The van der Waals surface area contributed by atoms with Gasteiger partial charge in [0.15, 0.2) is 0 Å². The van der Waals surface area contributed by atoms with Crippen LogP contribution < -0.4 is 0 Å². The van der Waals surface area contributed by atoms with Crippen molar-refractivity contribution in [1.82, 2.24) is 0 Å². The molecule has 0 atom stereocenters. The Hall–Kier alpha value is -0.540. The highest BCUT2D eigenvalue weighted by Crippen LogP contribution is 2.54. The molecule has 1 aromatic carbocycles. The topological polar surface area (TPSA) is 34.1 Å². The van der Waals surface area contributed by atoms with Crippen LogP contribution in [0.15, 0.2) is 30.3 Å². The Bertz CT molecular complexity index is 407. The van der Waals surface area contributed by atoms with E-state index >= 15 is 0 Å². The van der Waals surface area contributed by atoms with Crippen molar-refractivity contribution < 1.29 is 8.42 Å². The minimum Gasteiger partial charge on any atom is -0.211 e. The summed E-state index contributed by atoms with van der Waals surface area (Å²) >= 11 is 0. The largest absolute Gasteiger partial charge is 0.242 e. The lowest BCUT2D eigenvalue weighted by atomic mass is 10.1. The summed E-state index contributed by atoms with van der Waals surface area (Å²) in [5.41, 5.74) is 0.810. The van der Waals surface area contributed by atoms with Crippen LogP contribution in [0.2, 0.25) is 0 Å². The first kappa shape index (κ1) is 9.03. The average Bonchev–Trinajstić information content (AvgIpc) is 2.84. The van der Waals surface area contributed by atoms with E-state index in [-0.39, 0.29) is 0 Å². The van der Waals surface area contributed by atoms with Gasteiger partial charge < -0.3 is 0 Å². The zero-order chi connectivity index (χ0) is 9.53. The van der Waals surface area contributed by atoms with Gasteiger partial charge in [0.2, 0.25) is 9.05 Å². The molecule has 0 spiro atoms. The van der Waals surface area contributed by atoms with Crippen LogP contribution in [-0.2, 0) is 13.8 Å². The van der Waals surface area contributed by atoms with E-state index in [1.165, 1.54) is 0 Å². The molecule has 70 valence electrons. The second-order valence-electron chi connectivity index (χ2n) is 3.30. The van der Waals surface area contributed by atoms with E-state index in [9.17, 15) is 8.42 Å². The Morgan fingerprint density at radius 2 is 1.69 bits per heavy atom. The summed E-state index contributed by atoms with van der Waals surface area (Å²) in [4.78, 5) is 0. The fraction of sp³-hybridized carbons (Fsp3) is 0.333. The van der Waals surface area contributed by atoms with Gasteiger partial charge >= 0.3 is 0 Å². The smallest absolute Gasteiger partial charge is 0.211 e. The Morgan fingerprint density at radius 1 is 1.15 bits per heavy atom. The molecule has 1 saturated carbocycles. The predicted octanol–water partition coefficient (Wildman–Crippen LogP) is 2.24. The molecule has 13 heavy (non-hydrogen) atoms. The van der Waals surface area contributed by atoms with Crippen LogP contribution in [0.25, 0.3) is 0 Å². The van der Waals surface area contributed by atoms with Gasteiger partial charge in [0.1, 0.15) is 4.75 Å². The maximum Gasteiger partial charge on any atom is 0.242 e. The van der Waals surface area contributed by atoms with Crippen LogP contribution in [0, 0.1) is 0 Å². The molecule has 0 aromatic heterocycles. The summed E-state index contributed by atoms with van der Waals surface area (Å²) in [6, 6.07) is 9.15. The lowest BCUT2D eigenvalue weighted by Gasteiger charge is -2.10. The Kier molecular flexibility index (Phi) is 1.89. The number of hydrogen-bond acceptors (Lipinski definition) is 2. The predicted molar refractivity (Wildman–Crippen MR) is 52.1 cm³/mol. The van der Waals surface area contributed by atoms with Gasteiger partial charge in [-0.1, -0.05) is 30.3 Å². The highest BCUT2D eigenvalue weighted by atomic mass is 35.7. The summed E-state index contributed by atoms with van der Waals surface area (Å²) in [6.07, 6.45) is 1.28. The molecule has 1 aromatic rings. The van der Waals surface area contributed by atoms with Crippen LogP contribution in [0.4, 0.5) is 0 Å². The monoisotopic (exact) mass is 216 g/mol. The van der Waals surface area contributed by atoms with E-state index in [4.69, 9.17) is 10.7 Å². The van der Waals surface area contributed by atoms with Crippen molar-refractivity contribution in [2.24, 2.45) is 0 Å². The van der Waals surface area contributed by atoms with E-state index in [0.717, 1.165) is 5.56 Å². The first-order chi connectivity index (χ1) is 6.06. The van der Waals surface area contributed by atoms with Crippen LogP contribution in [0.1, 0.15) is 18.4 Å². The summed E-state index contributed by atoms with van der Waals surface area (Å²) < 4.78 is 21.8. The quantitative estimate of drug-likeness (QED) is 0.711. The molecule has 1 aliphatic carbocycles. The third-order valence-corrected chi connectivity index (χ3v) is 4.93. The number of rotatable bonds is 2. The molecule has 1 fully saturated rings. The van der Waals surface area contributed by atoms with Crippen molar-refractivity contribution in [3.63, 3.8) is 0 Å². The molecular weight excluding hydrogens is 208 g/mol.